The molecule has 7 heavy (non-hydrogen) atoms. The van der Waals surface area contributed by atoms with Crippen molar-refractivity contribution in [2.24, 2.45) is 7.05 Å². The molecule has 0 unspecified atom stereocenters. The fourth-order valence-electron chi connectivity index (χ4n) is 0.273. The number of nitrogens with one attached hydrogen (secondary N) is 1. The van der Waals surface area contributed by atoms with Crippen LogP contribution in [0.1, 0.15) is 0 Å². The van der Waals surface area contributed by atoms with Crippen molar-refractivity contribution in [1.29, 1.82) is 5.41 Å². The first-order valence-electron chi connectivity index (χ1n) is 1.82. The summed E-state index contributed by atoms with van der Waals surface area (Å²) in [7, 11) is 1.75. The summed E-state index contributed by atoms with van der Waals surface area (Å²) in [4.78, 5) is 0.486. The molecule has 0 aliphatic heterocycles. The van der Waals surface area contributed by atoms with Crippen LogP contribution >= 0.6 is 11.3 Å². The molecular weight excluding hydrogens is 110 g/mol. The van der Waals surface area contributed by atoms with E-state index >= 15 is 0 Å². The smallest absolute Gasteiger partial charge is 0.199 e. The molecule has 0 aliphatic carbocycles. The summed E-state index contributed by atoms with van der Waals surface area (Å²) in [5.41, 5.74) is 1.64. The molecule has 3 nitrogen and oxygen atoms in total. The Morgan fingerprint density at radius 1 is 2.00 bits per heavy atom. The van der Waals surface area contributed by atoms with E-state index in [0.717, 1.165) is 0 Å². The lowest BCUT2D eigenvalue weighted by Crippen LogP contribution is -2.08. The van der Waals surface area contributed by atoms with Crippen LogP contribution in [-0.4, -0.2) is 9.78 Å². The lowest BCUT2D eigenvalue weighted by molar-refractivity contribution is 0.720. The predicted octanol–water partition coefficient (Wildman–Crippen LogP) is -0.0389. The zero-order valence-electron chi connectivity index (χ0n) is 3.88. The van der Waals surface area contributed by atoms with Crippen LogP contribution in [0.3, 0.4) is 0 Å². The number of aromatic nitrogens is 2. The Morgan fingerprint density at radius 2 is 2.71 bits per heavy atom. The Bertz CT molecular complexity index is 198. The fourth-order valence-corrected chi connectivity index (χ4v) is 0.761. The summed E-state index contributed by atoms with van der Waals surface area (Å²) in [6.07, 6.45) is 0. The maximum absolute atomic E-state index is 7.02. The molecule has 4 heteroatoms. The predicted molar refractivity (Wildman–Crippen MR) is 26.9 cm³/mol. The average molecular weight is 115 g/mol. The SMILES string of the molecule is Cn1ncsc1=N. The van der Waals surface area contributed by atoms with Crippen LogP contribution in [0.15, 0.2) is 5.51 Å². The Morgan fingerprint density at radius 3 is 2.86 bits per heavy atom. The van der Waals surface area contributed by atoms with Gasteiger partial charge in [0.1, 0.15) is 5.51 Å². The molecule has 1 aromatic heterocycles. The third-order valence-electron chi connectivity index (χ3n) is 0.679. The van der Waals surface area contributed by atoms with E-state index in [-0.39, 0.29) is 0 Å². The first-order valence-corrected chi connectivity index (χ1v) is 2.70. The third-order valence-corrected chi connectivity index (χ3v) is 1.37. The zero-order chi connectivity index (χ0) is 5.28. The highest BCUT2D eigenvalue weighted by Gasteiger charge is 1.80. The van der Waals surface area contributed by atoms with Crippen LogP contribution in [0.25, 0.3) is 0 Å². The molecule has 0 radical (unpaired) electrons. The maximum Gasteiger partial charge on any atom is 0.199 e. The van der Waals surface area contributed by atoms with Gasteiger partial charge in [-0.3, -0.25) is 5.41 Å². The molecule has 1 aromatic rings. The first kappa shape index (κ1) is 4.52. The van der Waals surface area contributed by atoms with Crippen LogP contribution in [0, 0.1) is 5.41 Å². The Balaban J connectivity index is 3.39. The van der Waals surface area contributed by atoms with Gasteiger partial charge in [0.15, 0.2) is 4.80 Å². The second-order valence-corrected chi connectivity index (χ2v) is 2.00. The monoisotopic (exact) mass is 115 g/mol. The van der Waals surface area contributed by atoms with Gasteiger partial charge in [-0.1, -0.05) is 11.3 Å². The topological polar surface area (TPSA) is 41.7 Å². The Kier molecular flexibility index (Phi) is 0.941. The maximum atomic E-state index is 7.02. The average Bonchev–Trinajstić information content (AvgIpc) is 1.91. The van der Waals surface area contributed by atoms with Crippen LogP contribution in [0.2, 0.25) is 0 Å². The highest BCUT2D eigenvalue weighted by Crippen LogP contribution is 1.75. The molecule has 0 spiro atoms. The molecule has 1 N–H and O–H groups in total. The number of nitrogens with zero attached hydrogens (tertiary/aromatic N) is 2. The van der Waals surface area contributed by atoms with Gasteiger partial charge in [0.05, 0.1) is 0 Å². The quantitative estimate of drug-likeness (QED) is 0.506. The minimum absolute atomic E-state index is 0.486. The van der Waals surface area contributed by atoms with Crippen LogP contribution < -0.4 is 4.80 Å². The van der Waals surface area contributed by atoms with Crippen molar-refractivity contribution in [3.8, 4) is 0 Å². The van der Waals surface area contributed by atoms with E-state index < -0.39 is 0 Å². The van der Waals surface area contributed by atoms with E-state index in [9.17, 15) is 0 Å². The standard InChI is InChI=1S/C3H5N3S/c1-6-3(4)7-2-5-6/h2,4H,1H3. The van der Waals surface area contributed by atoms with E-state index in [4.69, 9.17) is 5.41 Å². The van der Waals surface area contributed by atoms with Gasteiger partial charge in [-0.2, -0.15) is 5.10 Å². The summed E-state index contributed by atoms with van der Waals surface area (Å²) in [6, 6.07) is 0. The summed E-state index contributed by atoms with van der Waals surface area (Å²) >= 11 is 1.32. The van der Waals surface area contributed by atoms with E-state index in [1.807, 2.05) is 0 Å². The molecule has 0 atom stereocenters. The van der Waals surface area contributed by atoms with E-state index in [1.54, 1.807) is 12.6 Å². The second-order valence-electron chi connectivity index (χ2n) is 1.17. The summed E-state index contributed by atoms with van der Waals surface area (Å²) < 4.78 is 1.52. The largest absolute Gasteiger partial charge is 0.274 e. The van der Waals surface area contributed by atoms with E-state index in [1.165, 1.54) is 16.0 Å². The lowest BCUT2D eigenvalue weighted by Gasteiger charge is -1.77. The third kappa shape index (κ3) is 0.691. The van der Waals surface area contributed by atoms with Crippen LogP contribution in [0.5, 0.6) is 0 Å². The molecule has 1 rings (SSSR count). The van der Waals surface area contributed by atoms with E-state index in [2.05, 4.69) is 5.10 Å². The molecule has 0 saturated carbocycles. The molecule has 1 heterocycles. The van der Waals surface area contributed by atoms with Gasteiger partial charge in [0.2, 0.25) is 0 Å². The number of hydrogen-bond donors (Lipinski definition) is 1. The number of aryl methyl sites for hydroxylation is 1. The van der Waals surface area contributed by atoms with Crippen molar-refractivity contribution in [1.82, 2.24) is 9.78 Å². The minimum atomic E-state index is 0.486. The van der Waals surface area contributed by atoms with Crippen LogP contribution in [-0.2, 0) is 7.05 Å². The second kappa shape index (κ2) is 1.46. The van der Waals surface area contributed by atoms with Crippen molar-refractivity contribution in [3.63, 3.8) is 0 Å². The van der Waals surface area contributed by atoms with Gasteiger partial charge in [-0.05, 0) is 0 Å². The lowest BCUT2D eigenvalue weighted by atomic mass is 11.2. The molecule has 0 bridgehead atoms. The summed E-state index contributed by atoms with van der Waals surface area (Å²) in [5, 5.41) is 10.8. The van der Waals surface area contributed by atoms with Gasteiger partial charge < -0.3 is 0 Å². The number of rotatable bonds is 0. The van der Waals surface area contributed by atoms with Gasteiger partial charge >= 0.3 is 0 Å². The minimum Gasteiger partial charge on any atom is -0.274 e. The summed E-state index contributed by atoms with van der Waals surface area (Å²) in [6.45, 7) is 0. The molecule has 0 aromatic carbocycles. The van der Waals surface area contributed by atoms with Crippen molar-refractivity contribution in [2.45, 2.75) is 0 Å². The molecule has 0 amide bonds. The molecule has 38 valence electrons. The normalized spacial score (nSPS) is 9.29. The van der Waals surface area contributed by atoms with Gasteiger partial charge in [-0.25, -0.2) is 4.68 Å². The van der Waals surface area contributed by atoms with Gasteiger partial charge in [0.25, 0.3) is 0 Å². The fraction of sp³-hybridized carbons (Fsp3) is 0.333. The van der Waals surface area contributed by atoms with Crippen molar-refractivity contribution < 1.29 is 0 Å². The molecule has 0 fully saturated rings. The van der Waals surface area contributed by atoms with Crippen molar-refractivity contribution in [3.05, 3.63) is 10.3 Å². The first-order chi connectivity index (χ1) is 3.30. The Hall–Kier alpha value is -0.640. The Labute approximate surface area is 44.7 Å². The molecular formula is C3H5N3S. The van der Waals surface area contributed by atoms with Gasteiger partial charge in [0, 0.05) is 7.05 Å². The summed E-state index contributed by atoms with van der Waals surface area (Å²) in [5.74, 6) is 0. The van der Waals surface area contributed by atoms with Crippen LogP contribution in [0.4, 0.5) is 0 Å². The zero-order valence-corrected chi connectivity index (χ0v) is 4.70. The molecule has 0 aliphatic rings. The van der Waals surface area contributed by atoms with E-state index in [0.29, 0.717) is 4.80 Å². The van der Waals surface area contributed by atoms with Crippen molar-refractivity contribution in [2.75, 3.05) is 0 Å². The van der Waals surface area contributed by atoms with Gasteiger partial charge in [-0.15, -0.1) is 0 Å². The highest BCUT2D eigenvalue weighted by atomic mass is 32.1. The molecule has 0 saturated heterocycles. The number of hydrogen-bond acceptors (Lipinski definition) is 3. The van der Waals surface area contributed by atoms with Crippen molar-refractivity contribution >= 4 is 11.3 Å². The highest BCUT2D eigenvalue weighted by molar-refractivity contribution is 7.06.